The molecule has 1 heterocycles. The lowest BCUT2D eigenvalue weighted by atomic mass is 9.93. The molecule has 0 saturated heterocycles. The smallest absolute Gasteiger partial charge is 0.295 e. The van der Waals surface area contributed by atoms with Gasteiger partial charge >= 0.3 is 0 Å². The van der Waals surface area contributed by atoms with Crippen LogP contribution in [-0.4, -0.2) is 64.0 Å². The second-order valence-corrected chi connectivity index (χ2v) is 18.1. The van der Waals surface area contributed by atoms with Crippen LogP contribution in [0.1, 0.15) is 0 Å². The lowest BCUT2D eigenvalue weighted by Gasteiger charge is -2.26. The molecule has 2 aliphatic rings. The Morgan fingerprint density at radius 1 is 0.581 bits per heavy atom. The maximum Gasteiger partial charge on any atom is 0.295 e. The minimum atomic E-state index is -4.58. The van der Waals surface area contributed by atoms with Crippen molar-refractivity contribution in [2.24, 2.45) is 0 Å². The van der Waals surface area contributed by atoms with Gasteiger partial charge in [0.05, 0.1) is 25.9 Å². The van der Waals surface area contributed by atoms with E-state index in [0.29, 0.717) is 72.9 Å². The zero-order valence-corrected chi connectivity index (χ0v) is 36.5. The van der Waals surface area contributed by atoms with E-state index >= 15 is 0 Å². The largest absolute Gasteiger partial charge is 0.456 e. The third-order valence-electron chi connectivity index (χ3n) is 10.3. The molecule has 1 aliphatic carbocycles. The summed E-state index contributed by atoms with van der Waals surface area (Å²) >= 11 is 3.54. The average Bonchev–Trinajstić information content (AvgIpc) is 3.31. The summed E-state index contributed by atoms with van der Waals surface area (Å²) in [7, 11) is -4.58. The highest BCUT2D eigenvalue weighted by atomic mass is 32.2. The van der Waals surface area contributed by atoms with Crippen molar-refractivity contribution in [1.29, 1.82) is 0 Å². The van der Waals surface area contributed by atoms with Gasteiger partial charge in [0.1, 0.15) is 22.8 Å². The van der Waals surface area contributed by atoms with Crippen LogP contribution >= 0.6 is 23.5 Å². The predicted molar refractivity (Wildman–Crippen MR) is 254 cm³/mol. The Hall–Kier alpha value is -5.66. The van der Waals surface area contributed by atoms with Crippen LogP contribution in [0.3, 0.4) is 0 Å². The first-order valence-corrected chi connectivity index (χ1v) is 23.9. The molecule has 0 amide bonds. The first kappa shape index (κ1) is 43.0. The zero-order valence-electron chi connectivity index (χ0n) is 34.1. The van der Waals surface area contributed by atoms with E-state index in [1.54, 1.807) is 41.7 Å². The van der Waals surface area contributed by atoms with Crippen molar-refractivity contribution in [3.8, 4) is 22.5 Å². The molecular weight excluding hydrogens is 833 g/mol. The molecule has 11 heteroatoms. The van der Waals surface area contributed by atoms with Crippen molar-refractivity contribution in [3.63, 3.8) is 0 Å². The second-order valence-electron chi connectivity index (χ2n) is 14.3. The third kappa shape index (κ3) is 10.9. The summed E-state index contributed by atoms with van der Waals surface area (Å²) in [4.78, 5) is 4.45. The molecule has 0 aromatic heterocycles. The summed E-state index contributed by atoms with van der Waals surface area (Å²) in [5, 5.41) is 1.58. The first-order valence-electron chi connectivity index (χ1n) is 20.5. The summed E-state index contributed by atoms with van der Waals surface area (Å²) in [6.07, 6.45) is 0. The molecule has 8 nitrogen and oxygen atoms in total. The summed E-state index contributed by atoms with van der Waals surface area (Å²) in [5.74, 6) is 2.24. The van der Waals surface area contributed by atoms with Gasteiger partial charge in [-0.25, -0.2) is 0 Å². The molecule has 1 N–H and O–H groups in total. The molecule has 0 fully saturated rings. The van der Waals surface area contributed by atoms with Gasteiger partial charge in [-0.3, -0.25) is 4.55 Å². The van der Waals surface area contributed by atoms with Crippen LogP contribution in [0.5, 0.6) is 0 Å². The Morgan fingerprint density at radius 3 is 1.84 bits per heavy atom. The maximum atomic E-state index is 12.9. The standard InChI is InChI=1S/C51H46N2O6S3/c54-62(55,56)50-24-14-13-23-47(50)51-45-27-25-41(52(39-15-5-1-6-16-39)29-31-57-33-35-60-43-19-9-3-10-20-43)37-48(45)59-49-38-42(26-28-46(49)51)53(40-17-7-2-8-18-40)30-32-58-34-36-61-44-21-11-4-12-22-44/h1-28,37-38H,29-36H2/p+1. The molecule has 6 aromatic carbocycles. The van der Waals surface area contributed by atoms with E-state index in [0.717, 1.165) is 33.9 Å². The van der Waals surface area contributed by atoms with Crippen molar-refractivity contribution in [2.45, 2.75) is 14.7 Å². The van der Waals surface area contributed by atoms with Gasteiger partial charge in [0, 0.05) is 85.6 Å². The molecular formula is C51H47N2O6S3+. The molecule has 0 bridgehead atoms. The lowest BCUT2D eigenvalue weighted by molar-refractivity contribution is 0.151. The summed E-state index contributed by atoms with van der Waals surface area (Å²) in [5.41, 5.74) is 5.15. The van der Waals surface area contributed by atoms with E-state index in [4.69, 9.17) is 13.9 Å². The minimum Gasteiger partial charge on any atom is -0.456 e. The van der Waals surface area contributed by atoms with Gasteiger partial charge in [-0.1, -0.05) is 91.0 Å². The van der Waals surface area contributed by atoms with Crippen molar-refractivity contribution in [3.05, 3.63) is 187 Å². The highest BCUT2D eigenvalue weighted by molar-refractivity contribution is 7.99. The fourth-order valence-electron chi connectivity index (χ4n) is 7.41. The number of ether oxygens (including phenoxy) is 2. The zero-order chi connectivity index (χ0) is 42.6. The van der Waals surface area contributed by atoms with Crippen molar-refractivity contribution >= 4 is 61.7 Å². The van der Waals surface area contributed by atoms with Crippen LogP contribution in [-0.2, 0) is 19.6 Å². The predicted octanol–water partition coefficient (Wildman–Crippen LogP) is 11.3. The van der Waals surface area contributed by atoms with Gasteiger partial charge in [0.2, 0.25) is 11.0 Å². The van der Waals surface area contributed by atoms with Crippen molar-refractivity contribution < 1.29 is 26.9 Å². The van der Waals surface area contributed by atoms with Gasteiger partial charge in [-0.2, -0.15) is 13.0 Å². The van der Waals surface area contributed by atoms with Crippen LogP contribution in [0.4, 0.5) is 17.1 Å². The number of para-hydroxylation sites is 2. The molecule has 0 atom stereocenters. The number of hydrogen-bond donors (Lipinski definition) is 1. The van der Waals surface area contributed by atoms with Gasteiger partial charge in [-0.15, -0.1) is 23.5 Å². The molecule has 8 rings (SSSR count). The Labute approximate surface area is 371 Å². The average molecular weight is 880 g/mol. The monoisotopic (exact) mass is 879 g/mol. The number of thioether (sulfide) groups is 2. The van der Waals surface area contributed by atoms with Gasteiger partial charge in [-0.05, 0) is 60.7 Å². The number of anilines is 2. The Morgan fingerprint density at radius 2 is 1.18 bits per heavy atom. The van der Waals surface area contributed by atoms with E-state index < -0.39 is 10.1 Å². The molecule has 1 aliphatic heterocycles. The Balaban J connectivity index is 1.17. The first-order chi connectivity index (χ1) is 30.4. The minimum absolute atomic E-state index is 0.177. The molecule has 62 heavy (non-hydrogen) atoms. The van der Waals surface area contributed by atoms with E-state index in [-0.39, 0.29) is 4.90 Å². The normalized spacial score (nSPS) is 12.1. The van der Waals surface area contributed by atoms with Gasteiger partial charge in [0.25, 0.3) is 10.1 Å². The highest BCUT2D eigenvalue weighted by Crippen LogP contribution is 2.43. The molecule has 0 saturated carbocycles. The fraction of sp³-hybridized carbons (Fsp3) is 0.157. The van der Waals surface area contributed by atoms with Crippen LogP contribution in [0, 0.1) is 0 Å². The van der Waals surface area contributed by atoms with Crippen LogP contribution in [0.25, 0.3) is 33.4 Å². The van der Waals surface area contributed by atoms with E-state index in [1.165, 1.54) is 15.9 Å². The Bertz CT molecular complexity index is 2840. The fourth-order valence-corrected chi connectivity index (χ4v) is 9.68. The highest BCUT2D eigenvalue weighted by Gasteiger charge is 2.25. The van der Waals surface area contributed by atoms with Gasteiger partial charge < -0.3 is 18.8 Å². The lowest BCUT2D eigenvalue weighted by Crippen LogP contribution is -2.29. The number of hydrogen-bond acceptors (Lipinski definition) is 8. The Kier molecular flexibility index (Phi) is 14.5. The van der Waals surface area contributed by atoms with E-state index in [2.05, 4.69) is 58.0 Å². The quantitative estimate of drug-likeness (QED) is 0.0280. The van der Waals surface area contributed by atoms with Crippen LogP contribution in [0.15, 0.2) is 201 Å². The number of rotatable bonds is 19. The van der Waals surface area contributed by atoms with Crippen LogP contribution < -0.4 is 14.8 Å². The second kappa shape index (κ2) is 20.9. The van der Waals surface area contributed by atoms with Crippen molar-refractivity contribution in [1.82, 2.24) is 4.58 Å². The molecule has 314 valence electrons. The molecule has 0 unspecified atom stereocenters. The topological polar surface area (TPSA) is 92.2 Å². The number of benzene rings is 7. The summed E-state index contributed by atoms with van der Waals surface area (Å²) in [6.45, 7) is 3.39. The van der Waals surface area contributed by atoms with E-state index in [1.807, 2.05) is 109 Å². The molecule has 0 radical (unpaired) electrons. The summed E-state index contributed by atoms with van der Waals surface area (Å²) < 4.78 is 57.6. The van der Waals surface area contributed by atoms with Gasteiger partial charge in [0.15, 0.2) is 6.54 Å². The number of nitrogens with zero attached hydrogens (tertiary/aromatic N) is 2. The SMILES string of the molecule is O=S(=O)(O)c1ccccc1-c1c2ccc(=[N+](CCOCCSc3ccccc3)c3ccccc3)cc-2oc2cc(N(CCOCCSc3ccccc3)c3ccccc3)ccc12. The number of fused-ring (bicyclic) bond motifs is 2. The van der Waals surface area contributed by atoms with Crippen molar-refractivity contribution in [2.75, 3.05) is 55.9 Å². The molecule has 6 aromatic rings. The summed E-state index contributed by atoms with van der Waals surface area (Å²) in [6, 6.07) is 59.4. The maximum absolute atomic E-state index is 12.9. The third-order valence-corrected chi connectivity index (χ3v) is 13.1. The molecule has 0 spiro atoms. The van der Waals surface area contributed by atoms with Crippen LogP contribution in [0.2, 0.25) is 0 Å². The van der Waals surface area contributed by atoms with E-state index in [9.17, 15) is 13.0 Å².